The van der Waals surface area contributed by atoms with Gasteiger partial charge in [0.1, 0.15) is 6.61 Å². The molecule has 4 nitrogen and oxygen atoms in total. The minimum Gasteiger partial charge on any atom is -0.445 e. The van der Waals surface area contributed by atoms with Crippen molar-refractivity contribution in [1.29, 1.82) is 0 Å². The van der Waals surface area contributed by atoms with Crippen LogP contribution in [0, 0.1) is 0 Å². The molecule has 26 heavy (non-hydrogen) atoms. The third-order valence-electron chi connectivity index (χ3n) is 4.00. The molecule has 0 bridgehead atoms. The van der Waals surface area contributed by atoms with Gasteiger partial charge in [-0.2, -0.15) is 0 Å². The second-order valence-electron chi connectivity index (χ2n) is 7.13. The van der Waals surface area contributed by atoms with Crippen LogP contribution < -0.4 is 0 Å². The summed E-state index contributed by atoms with van der Waals surface area (Å²) in [6.07, 6.45) is -0.524. The number of carbonyl (C=O) groups excluding carboxylic acids is 2. The highest BCUT2D eigenvalue weighted by molar-refractivity contribution is 6.31. The summed E-state index contributed by atoms with van der Waals surface area (Å²) >= 11 is 5.99. The Morgan fingerprint density at radius 3 is 2.31 bits per heavy atom. The highest BCUT2D eigenvalue weighted by Gasteiger charge is 2.36. The third kappa shape index (κ3) is 5.09. The first-order valence-corrected chi connectivity index (χ1v) is 8.88. The zero-order chi connectivity index (χ0) is 19.3. The molecule has 2 aromatic carbocycles. The molecule has 0 saturated heterocycles. The number of carbonyl (C=O) groups is 2. The van der Waals surface area contributed by atoms with Crippen molar-refractivity contribution in [2.45, 2.75) is 45.9 Å². The maximum atomic E-state index is 12.9. The van der Waals surface area contributed by atoms with Crippen molar-refractivity contribution in [2.24, 2.45) is 0 Å². The molecule has 0 heterocycles. The Bertz CT molecular complexity index is 768. The lowest BCUT2D eigenvalue weighted by Gasteiger charge is -2.38. The monoisotopic (exact) mass is 373 g/mol. The highest BCUT2D eigenvalue weighted by atomic mass is 35.5. The summed E-state index contributed by atoms with van der Waals surface area (Å²) in [6.45, 7) is 7.48. The molecule has 0 N–H and O–H groups in total. The lowest BCUT2D eigenvalue weighted by atomic mass is 9.98. The van der Waals surface area contributed by atoms with Gasteiger partial charge in [-0.1, -0.05) is 54.1 Å². The van der Waals surface area contributed by atoms with E-state index in [1.54, 1.807) is 31.2 Å². The normalized spacial score (nSPS) is 12.3. The van der Waals surface area contributed by atoms with Gasteiger partial charge in [-0.05, 0) is 45.4 Å². The number of ether oxygens (including phenoxy) is 1. The van der Waals surface area contributed by atoms with E-state index in [9.17, 15) is 9.59 Å². The van der Waals surface area contributed by atoms with Gasteiger partial charge < -0.3 is 4.74 Å². The molecule has 0 aliphatic heterocycles. The van der Waals surface area contributed by atoms with Crippen LogP contribution in [0.2, 0.25) is 5.02 Å². The molecule has 1 unspecified atom stereocenters. The van der Waals surface area contributed by atoms with Gasteiger partial charge in [0.25, 0.3) is 0 Å². The van der Waals surface area contributed by atoms with Crippen molar-refractivity contribution >= 4 is 23.5 Å². The number of halogens is 1. The molecule has 0 aliphatic rings. The molecular weight excluding hydrogens is 350 g/mol. The standard InChI is InChI=1S/C21H24ClNO3/c1-15(19(24)17-11-8-12-18(22)13-17)23(21(2,3)4)20(25)26-14-16-9-6-5-7-10-16/h5-13,15H,14H2,1-4H3. The van der Waals surface area contributed by atoms with E-state index >= 15 is 0 Å². The molecular formula is C21H24ClNO3. The highest BCUT2D eigenvalue weighted by Crippen LogP contribution is 2.23. The third-order valence-corrected chi connectivity index (χ3v) is 4.24. The zero-order valence-corrected chi connectivity index (χ0v) is 16.3. The zero-order valence-electron chi connectivity index (χ0n) is 15.5. The molecule has 0 radical (unpaired) electrons. The van der Waals surface area contributed by atoms with E-state index in [1.807, 2.05) is 51.1 Å². The van der Waals surface area contributed by atoms with Gasteiger partial charge in [-0.3, -0.25) is 9.69 Å². The Kier molecular flexibility index (Phi) is 6.43. The summed E-state index contributed by atoms with van der Waals surface area (Å²) in [5.41, 5.74) is 0.778. The van der Waals surface area contributed by atoms with E-state index < -0.39 is 17.7 Å². The fourth-order valence-electron chi connectivity index (χ4n) is 2.80. The van der Waals surface area contributed by atoms with Gasteiger partial charge in [0.2, 0.25) is 0 Å². The molecule has 0 spiro atoms. The molecule has 0 fully saturated rings. The molecule has 1 atom stereocenters. The molecule has 0 saturated carbocycles. The molecule has 1 amide bonds. The van der Waals surface area contributed by atoms with E-state index in [-0.39, 0.29) is 12.4 Å². The first-order valence-electron chi connectivity index (χ1n) is 8.50. The minimum absolute atomic E-state index is 0.157. The number of hydrogen-bond donors (Lipinski definition) is 0. The van der Waals surface area contributed by atoms with Crippen LogP contribution in [0.1, 0.15) is 43.6 Å². The number of Topliss-reactive ketones (excluding diaryl/α,β-unsaturated/α-hetero) is 1. The van der Waals surface area contributed by atoms with Crippen molar-refractivity contribution in [1.82, 2.24) is 4.90 Å². The van der Waals surface area contributed by atoms with E-state index in [4.69, 9.17) is 16.3 Å². The molecule has 5 heteroatoms. The van der Waals surface area contributed by atoms with Gasteiger partial charge in [0.15, 0.2) is 5.78 Å². The molecule has 0 aromatic heterocycles. The predicted octanol–water partition coefficient (Wildman–Crippen LogP) is 5.35. The Balaban J connectivity index is 2.18. The van der Waals surface area contributed by atoms with Crippen LogP contribution in [-0.4, -0.2) is 28.4 Å². The summed E-state index contributed by atoms with van der Waals surface area (Å²) < 4.78 is 5.46. The number of ketones is 1. The van der Waals surface area contributed by atoms with E-state index in [1.165, 1.54) is 4.90 Å². The second-order valence-corrected chi connectivity index (χ2v) is 7.57. The summed E-state index contributed by atoms with van der Waals surface area (Å²) in [5, 5.41) is 0.483. The number of hydrogen-bond acceptors (Lipinski definition) is 3. The smallest absolute Gasteiger partial charge is 0.411 e. The van der Waals surface area contributed by atoms with Crippen LogP contribution >= 0.6 is 11.6 Å². The number of rotatable bonds is 5. The van der Waals surface area contributed by atoms with Gasteiger partial charge in [0, 0.05) is 16.1 Å². The maximum absolute atomic E-state index is 12.9. The molecule has 2 aromatic rings. The number of nitrogens with zero attached hydrogens (tertiary/aromatic N) is 1. The van der Waals surface area contributed by atoms with E-state index in [2.05, 4.69) is 0 Å². The van der Waals surface area contributed by atoms with Crippen molar-refractivity contribution in [3.63, 3.8) is 0 Å². The van der Waals surface area contributed by atoms with E-state index in [0.717, 1.165) is 5.56 Å². The summed E-state index contributed by atoms with van der Waals surface area (Å²) in [6, 6.07) is 15.5. The second kappa shape index (κ2) is 8.37. The molecule has 2 rings (SSSR count). The predicted molar refractivity (Wildman–Crippen MR) is 103 cm³/mol. The summed E-state index contributed by atoms with van der Waals surface area (Å²) in [5.74, 6) is -0.181. The Labute approximate surface area is 159 Å². The van der Waals surface area contributed by atoms with Crippen LogP contribution in [0.4, 0.5) is 4.79 Å². The van der Waals surface area contributed by atoms with Gasteiger partial charge in [-0.25, -0.2) is 4.79 Å². The number of amides is 1. The quantitative estimate of drug-likeness (QED) is 0.664. The topological polar surface area (TPSA) is 46.6 Å². The Morgan fingerprint density at radius 2 is 1.73 bits per heavy atom. The maximum Gasteiger partial charge on any atom is 0.411 e. The fraction of sp³-hybridized carbons (Fsp3) is 0.333. The van der Waals surface area contributed by atoms with E-state index in [0.29, 0.717) is 10.6 Å². The lowest BCUT2D eigenvalue weighted by Crippen LogP contribution is -2.53. The van der Waals surface area contributed by atoms with Crippen LogP contribution in [0.5, 0.6) is 0 Å². The fourth-order valence-corrected chi connectivity index (χ4v) is 2.99. The minimum atomic E-state index is -0.684. The molecule has 138 valence electrons. The molecule has 0 aliphatic carbocycles. The van der Waals surface area contributed by atoms with Crippen molar-refractivity contribution in [2.75, 3.05) is 0 Å². The average molecular weight is 374 g/mol. The van der Waals surface area contributed by atoms with Gasteiger partial charge in [0.05, 0.1) is 6.04 Å². The van der Waals surface area contributed by atoms with Crippen LogP contribution in [0.3, 0.4) is 0 Å². The summed E-state index contributed by atoms with van der Waals surface area (Å²) in [4.78, 5) is 27.1. The summed E-state index contributed by atoms with van der Waals surface area (Å²) in [7, 11) is 0. The van der Waals surface area contributed by atoms with Crippen molar-refractivity contribution in [3.8, 4) is 0 Å². The average Bonchev–Trinajstić information content (AvgIpc) is 2.59. The Morgan fingerprint density at radius 1 is 1.08 bits per heavy atom. The van der Waals surface area contributed by atoms with Gasteiger partial charge >= 0.3 is 6.09 Å². The largest absolute Gasteiger partial charge is 0.445 e. The van der Waals surface area contributed by atoms with Crippen molar-refractivity contribution < 1.29 is 14.3 Å². The first-order chi connectivity index (χ1) is 12.2. The van der Waals surface area contributed by atoms with Crippen LogP contribution in [0.15, 0.2) is 54.6 Å². The van der Waals surface area contributed by atoms with Gasteiger partial charge in [-0.15, -0.1) is 0 Å². The number of benzene rings is 2. The SMILES string of the molecule is CC(C(=O)c1cccc(Cl)c1)N(C(=O)OCc1ccccc1)C(C)(C)C. The Hall–Kier alpha value is -2.33. The lowest BCUT2D eigenvalue weighted by molar-refractivity contribution is 0.0393. The first kappa shape index (κ1) is 20.0. The van der Waals surface area contributed by atoms with Crippen LogP contribution in [0.25, 0.3) is 0 Å². The van der Waals surface area contributed by atoms with Crippen molar-refractivity contribution in [3.05, 3.63) is 70.7 Å². The van der Waals surface area contributed by atoms with Crippen LogP contribution in [-0.2, 0) is 11.3 Å².